The largest absolute Gasteiger partial charge is 0.438 e. The van der Waals surface area contributed by atoms with E-state index in [1.54, 1.807) is 0 Å². The zero-order chi connectivity index (χ0) is 16.2. The maximum absolute atomic E-state index is 11.7. The number of esters is 3. The van der Waals surface area contributed by atoms with Crippen LogP contribution in [-0.2, 0) is 28.6 Å². The van der Waals surface area contributed by atoms with Crippen molar-refractivity contribution in [3.05, 3.63) is 0 Å². The van der Waals surface area contributed by atoms with E-state index in [1.807, 2.05) is 0 Å². The lowest BCUT2D eigenvalue weighted by atomic mass is 9.69. The number of ether oxygens (including phenoxy) is 3. The monoisotopic (exact) mass is 324 g/mol. The van der Waals surface area contributed by atoms with Crippen molar-refractivity contribution in [2.24, 2.45) is 23.7 Å². The van der Waals surface area contributed by atoms with E-state index >= 15 is 0 Å². The molecule has 6 heteroatoms. The molecule has 128 valence electrons. The van der Waals surface area contributed by atoms with E-state index in [1.165, 1.54) is 0 Å². The number of hydrogen-bond donors (Lipinski definition) is 0. The fourth-order valence-corrected chi connectivity index (χ4v) is 4.31. The molecule has 2 heterocycles. The molecule has 2 saturated heterocycles. The topological polar surface area (TPSA) is 78.9 Å². The molecule has 23 heavy (non-hydrogen) atoms. The SMILES string of the molecule is O=C1CC(C2CCC(C3CC(=O)OC(=O)C3)CC2)CCOCO1. The first-order valence-corrected chi connectivity index (χ1v) is 8.58. The molecule has 0 N–H and O–H groups in total. The summed E-state index contributed by atoms with van der Waals surface area (Å²) in [4.78, 5) is 34.6. The average molecular weight is 324 g/mol. The lowest BCUT2D eigenvalue weighted by molar-refractivity contribution is -0.167. The van der Waals surface area contributed by atoms with Crippen LogP contribution in [0.3, 0.4) is 0 Å². The van der Waals surface area contributed by atoms with Gasteiger partial charge in [-0.1, -0.05) is 0 Å². The second-order valence-electron chi connectivity index (χ2n) is 6.98. The van der Waals surface area contributed by atoms with E-state index in [-0.39, 0.29) is 30.6 Å². The third-order valence-corrected chi connectivity index (χ3v) is 5.60. The van der Waals surface area contributed by atoms with Gasteiger partial charge in [-0.25, -0.2) is 0 Å². The standard InChI is InChI=1S/C17H24O6/c18-15-7-13(5-6-21-10-22-15)11-1-3-12(4-2-11)14-8-16(19)23-17(20)9-14/h11-14H,1-10H2. The molecule has 3 rings (SSSR count). The van der Waals surface area contributed by atoms with Crippen molar-refractivity contribution in [1.29, 1.82) is 0 Å². The van der Waals surface area contributed by atoms with Crippen LogP contribution in [0.1, 0.15) is 51.4 Å². The van der Waals surface area contributed by atoms with Crippen molar-refractivity contribution in [1.82, 2.24) is 0 Å². The molecule has 3 aliphatic rings. The van der Waals surface area contributed by atoms with Crippen molar-refractivity contribution in [3.63, 3.8) is 0 Å². The van der Waals surface area contributed by atoms with Crippen LogP contribution in [0.2, 0.25) is 0 Å². The summed E-state index contributed by atoms with van der Waals surface area (Å²) >= 11 is 0. The minimum atomic E-state index is -0.381. The van der Waals surface area contributed by atoms with Gasteiger partial charge in [0.1, 0.15) is 0 Å². The molecule has 1 saturated carbocycles. The summed E-state index contributed by atoms with van der Waals surface area (Å²) in [5.41, 5.74) is 0. The van der Waals surface area contributed by atoms with Crippen molar-refractivity contribution in [2.75, 3.05) is 13.4 Å². The van der Waals surface area contributed by atoms with E-state index in [0.29, 0.717) is 43.6 Å². The van der Waals surface area contributed by atoms with Crippen LogP contribution in [0.5, 0.6) is 0 Å². The Morgan fingerprint density at radius 1 is 0.652 bits per heavy atom. The van der Waals surface area contributed by atoms with Gasteiger partial charge in [0.15, 0.2) is 6.79 Å². The highest BCUT2D eigenvalue weighted by atomic mass is 16.7. The molecule has 0 aromatic carbocycles. The van der Waals surface area contributed by atoms with Crippen LogP contribution in [0.15, 0.2) is 0 Å². The molecular weight excluding hydrogens is 300 g/mol. The lowest BCUT2D eigenvalue weighted by Gasteiger charge is -2.37. The first-order chi connectivity index (χ1) is 11.1. The molecule has 0 aromatic rings. The van der Waals surface area contributed by atoms with Gasteiger partial charge < -0.3 is 14.2 Å². The van der Waals surface area contributed by atoms with Gasteiger partial charge in [-0.05, 0) is 55.8 Å². The van der Waals surface area contributed by atoms with E-state index in [4.69, 9.17) is 9.47 Å². The minimum absolute atomic E-state index is 0.0735. The fraction of sp³-hybridized carbons (Fsp3) is 0.824. The van der Waals surface area contributed by atoms with Crippen LogP contribution in [-0.4, -0.2) is 31.3 Å². The van der Waals surface area contributed by atoms with Gasteiger partial charge in [0, 0.05) is 19.3 Å². The summed E-state index contributed by atoms with van der Waals surface area (Å²) in [5, 5.41) is 0. The molecule has 3 fully saturated rings. The molecule has 0 radical (unpaired) electrons. The highest BCUT2D eigenvalue weighted by Crippen LogP contribution is 2.42. The highest BCUT2D eigenvalue weighted by molar-refractivity contribution is 5.88. The fourth-order valence-electron chi connectivity index (χ4n) is 4.31. The van der Waals surface area contributed by atoms with Crippen molar-refractivity contribution < 1.29 is 28.6 Å². The van der Waals surface area contributed by atoms with Crippen molar-refractivity contribution in [3.8, 4) is 0 Å². The summed E-state index contributed by atoms with van der Waals surface area (Å²) in [7, 11) is 0. The van der Waals surface area contributed by atoms with Crippen LogP contribution < -0.4 is 0 Å². The number of hydrogen-bond acceptors (Lipinski definition) is 6. The Balaban J connectivity index is 1.52. The average Bonchev–Trinajstić information content (AvgIpc) is 2.50. The molecule has 1 aliphatic carbocycles. The molecule has 0 spiro atoms. The number of carbonyl (C=O) groups excluding carboxylic acids is 3. The normalized spacial score (nSPS) is 34.3. The second-order valence-corrected chi connectivity index (χ2v) is 6.98. The van der Waals surface area contributed by atoms with E-state index in [0.717, 1.165) is 32.1 Å². The Hall–Kier alpha value is -1.43. The predicted molar refractivity (Wildman–Crippen MR) is 78.9 cm³/mol. The minimum Gasteiger partial charge on any atom is -0.438 e. The molecule has 6 nitrogen and oxygen atoms in total. The van der Waals surface area contributed by atoms with E-state index < -0.39 is 0 Å². The smallest absolute Gasteiger partial charge is 0.313 e. The van der Waals surface area contributed by atoms with E-state index in [2.05, 4.69) is 4.74 Å². The Morgan fingerprint density at radius 2 is 1.22 bits per heavy atom. The first kappa shape index (κ1) is 16.4. The highest BCUT2D eigenvalue weighted by Gasteiger charge is 2.37. The number of cyclic esters (lactones) is 3. The molecule has 1 unspecified atom stereocenters. The summed E-state index contributed by atoms with van der Waals surface area (Å²) in [6.45, 7) is 0.713. The quantitative estimate of drug-likeness (QED) is 0.572. The first-order valence-electron chi connectivity index (χ1n) is 8.58. The molecular formula is C17H24O6. The van der Waals surface area contributed by atoms with Gasteiger partial charge in [0.05, 0.1) is 6.61 Å². The summed E-state index contributed by atoms with van der Waals surface area (Å²) in [6, 6.07) is 0. The van der Waals surface area contributed by atoms with Gasteiger partial charge >= 0.3 is 17.9 Å². The summed E-state index contributed by atoms with van der Waals surface area (Å²) < 4.78 is 14.9. The zero-order valence-electron chi connectivity index (χ0n) is 13.3. The van der Waals surface area contributed by atoms with Gasteiger partial charge in [-0.15, -0.1) is 0 Å². The van der Waals surface area contributed by atoms with Gasteiger partial charge in [-0.3, -0.25) is 14.4 Å². The van der Waals surface area contributed by atoms with Crippen molar-refractivity contribution in [2.45, 2.75) is 51.4 Å². The zero-order valence-corrected chi connectivity index (χ0v) is 13.3. The molecule has 0 aromatic heterocycles. The van der Waals surface area contributed by atoms with Crippen LogP contribution >= 0.6 is 0 Å². The maximum atomic E-state index is 11.7. The number of rotatable bonds is 2. The molecule has 0 amide bonds. The van der Waals surface area contributed by atoms with Gasteiger partial charge in [0.2, 0.25) is 0 Å². The molecule has 1 atom stereocenters. The van der Waals surface area contributed by atoms with Gasteiger partial charge in [0.25, 0.3) is 0 Å². The number of carbonyl (C=O) groups is 3. The van der Waals surface area contributed by atoms with Gasteiger partial charge in [-0.2, -0.15) is 0 Å². The Morgan fingerprint density at radius 3 is 1.87 bits per heavy atom. The van der Waals surface area contributed by atoms with E-state index in [9.17, 15) is 14.4 Å². The third kappa shape index (κ3) is 4.31. The lowest BCUT2D eigenvalue weighted by Crippen LogP contribution is -2.34. The Kier molecular flexibility index (Phi) is 5.30. The Bertz CT molecular complexity index is 450. The second kappa shape index (κ2) is 7.43. The predicted octanol–water partition coefficient (Wildman–Crippen LogP) is 2.20. The summed E-state index contributed by atoms with van der Waals surface area (Å²) in [6.07, 6.45) is 6.23. The summed E-state index contributed by atoms with van der Waals surface area (Å²) in [5.74, 6) is 0.447. The molecule has 2 aliphatic heterocycles. The Labute approximate surface area is 135 Å². The van der Waals surface area contributed by atoms with Crippen molar-refractivity contribution >= 4 is 17.9 Å². The maximum Gasteiger partial charge on any atom is 0.313 e. The van der Waals surface area contributed by atoms with Crippen LogP contribution in [0.25, 0.3) is 0 Å². The van der Waals surface area contributed by atoms with Crippen LogP contribution in [0, 0.1) is 23.7 Å². The molecule has 0 bridgehead atoms. The van der Waals surface area contributed by atoms with Crippen LogP contribution in [0.4, 0.5) is 0 Å². The third-order valence-electron chi connectivity index (χ3n) is 5.60.